The molecule has 1 saturated heterocycles. The van der Waals surface area contributed by atoms with Crippen molar-refractivity contribution in [2.75, 3.05) is 39.3 Å². The lowest BCUT2D eigenvalue weighted by atomic mass is 9.83. The van der Waals surface area contributed by atoms with Crippen LogP contribution in [0.2, 0.25) is 0 Å². The number of hydrogen-bond acceptors (Lipinski definition) is 3. The van der Waals surface area contributed by atoms with Crippen LogP contribution >= 0.6 is 0 Å². The maximum atomic E-state index is 12.0. The molecule has 19 heavy (non-hydrogen) atoms. The van der Waals surface area contributed by atoms with Gasteiger partial charge < -0.3 is 10.6 Å². The van der Waals surface area contributed by atoms with Crippen LogP contribution in [0.3, 0.4) is 0 Å². The largest absolute Gasteiger partial charge is 0.355 e. The van der Waals surface area contributed by atoms with E-state index >= 15 is 0 Å². The third-order valence-electron chi connectivity index (χ3n) is 4.52. The molecule has 0 aromatic rings. The van der Waals surface area contributed by atoms with Crippen molar-refractivity contribution in [1.82, 2.24) is 15.5 Å². The van der Waals surface area contributed by atoms with E-state index in [4.69, 9.17) is 0 Å². The zero-order valence-electron chi connectivity index (χ0n) is 12.3. The van der Waals surface area contributed by atoms with Gasteiger partial charge in [-0.05, 0) is 44.2 Å². The summed E-state index contributed by atoms with van der Waals surface area (Å²) in [7, 11) is 0. The molecule has 0 unspecified atom stereocenters. The number of rotatable bonds is 4. The smallest absolute Gasteiger partial charge is 0.234 e. The molecule has 1 aliphatic heterocycles. The highest BCUT2D eigenvalue weighted by molar-refractivity contribution is 5.78. The fraction of sp³-hybridized carbons (Fsp3) is 0.933. The lowest BCUT2D eigenvalue weighted by molar-refractivity contribution is -0.122. The van der Waals surface area contributed by atoms with Crippen LogP contribution in [-0.4, -0.2) is 50.1 Å². The predicted molar refractivity (Wildman–Crippen MR) is 78.1 cm³/mol. The molecule has 0 bridgehead atoms. The average Bonchev–Trinajstić information content (AvgIpc) is 2.67. The van der Waals surface area contributed by atoms with Crippen LogP contribution in [0.5, 0.6) is 0 Å². The van der Waals surface area contributed by atoms with Crippen LogP contribution in [0.1, 0.15) is 39.0 Å². The van der Waals surface area contributed by atoms with E-state index in [1.165, 1.54) is 25.7 Å². The van der Waals surface area contributed by atoms with Crippen molar-refractivity contribution in [1.29, 1.82) is 0 Å². The Hall–Kier alpha value is -0.610. The number of hydrogen-bond donors (Lipinski definition) is 2. The van der Waals surface area contributed by atoms with Crippen molar-refractivity contribution in [3.05, 3.63) is 0 Å². The highest BCUT2D eigenvalue weighted by Crippen LogP contribution is 2.27. The molecule has 2 fully saturated rings. The highest BCUT2D eigenvalue weighted by Gasteiger charge is 2.19. The maximum Gasteiger partial charge on any atom is 0.234 e. The molecule has 110 valence electrons. The molecule has 2 rings (SSSR count). The second-order valence-corrected chi connectivity index (χ2v) is 6.31. The summed E-state index contributed by atoms with van der Waals surface area (Å²) in [5.41, 5.74) is 0. The summed E-state index contributed by atoms with van der Waals surface area (Å²) in [6, 6.07) is 0. The van der Waals surface area contributed by atoms with Gasteiger partial charge in [0.15, 0.2) is 0 Å². The van der Waals surface area contributed by atoms with Crippen LogP contribution < -0.4 is 10.6 Å². The van der Waals surface area contributed by atoms with Gasteiger partial charge in [-0.1, -0.05) is 19.8 Å². The molecule has 4 heteroatoms. The van der Waals surface area contributed by atoms with E-state index in [-0.39, 0.29) is 5.91 Å². The number of amides is 1. The van der Waals surface area contributed by atoms with Gasteiger partial charge >= 0.3 is 0 Å². The molecule has 0 radical (unpaired) electrons. The highest BCUT2D eigenvalue weighted by atomic mass is 16.2. The Bertz CT molecular complexity index is 267. The zero-order valence-corrected chi connectivity index (χ0v) is 12.3. The Morgan fingerprint density at radius 3 is 2.79 bits per heavy atom. The van der Waals surface area contributed by atoms with Gasteiger partial charge in [0.05, 0.1) is 6.54 Å². The van der Waals surface area contributed by atoms with E-state index in [2.05, 4.69) is 22.5 Å². The Labute approximate surface area is 117 Å². The van der Waals surface area contributed by atoms with Crippen molar-refractivity contribution >= 4 is 5.91 Å². The fourth-order valence-electron chi connectivity index (χ4n) is 3.11. The predicted octanol–water partition coefficient (Wildman–Crippen LogP) is 1.22. The van der Waals surface area contributed by atoms with Gasteiger partial charge in [0.25, 0.3) is 0 Å². The quantitative estimate of drug-likeness (QED) is 0.805. The second kappa shape index (κ2) is 7.85. The minimum atomic E-state index is 0.209. The monoisotopic (exact) mass is 267 g/mol. The first-order valence-corrected chi connectivity index (χ1v) is 7.94. The number of carbonyl (C=O) groups excluding carboxylic acids is 1. The Morgan fingerprint density at radius 1 is 1.21 bits per heavy atom. The third kappa shape index (κ3) is 5.49. The molecule has 1 saturated carbocycles. The van der Waals surface area contributed by atoms with Crippen molar-refractivity contribution in [2.45, 2.75) is 39.0 Å². The van der Waals surface area contributed by atoms with Gasteiger partial charge in [-0.3, -0.25) is 9.69 Å². The second-order valence-electron chi connectivity index (χ2n) is 6.31. The van der Waals surface area contributed by atoms with Gasteiger partial charge in [0.1, 0.15) is 0 Å². The normalized spacial score (nSPS) is 29.7. The molecule has 0 spiro atoms. The molecule has 0 aromatic heterocycles. The number of nitrogens with one attached hydrogen (secondary N) is 2. The number of nitrogens with zero attached hydrogens (tertiary/aromatic N) is 1. The third-order valence-corrected chi connectivity index (χ3v) is 4.52. The first-order chi connectivity index (χ1) is 9.24. The van der Waals surface area contributed by atoms with Gasteiger partial charge in [-0.15, -0.1) is 0 Å². The summed E-state index contributed by atoms with van der Waals surface area (Å²) in [5.74, 6) is 1.81. The average molecular weight is 267 g/mol. The molecular formula is C15H29N3O. The van der Waals surface area contributed by atoms with E-state index in [1.807, 2.05) is 0 Å². The van der Waals surface area contributed by atoms with E-state index in [1.54, 1.807) is 0 Å². The van der Waals surface area contributed by atoms with Gasteiger partial charge in [0, 0.05) is 19.6 Å². The zero-order chi connectivity index (χ0) is 13.5. The van der Waals surface area contributed by atoms with Crippen LogP contribution in [0.15, 0.2) is 0 Å². The lowest BCUT2D eigenvalue weighted by Crippen LogP contribution is -2.40. The molecule has 4 nitrogen and oxygen atoms in total. The van der Waals surface area contributed by atoms with Crippen LogP contribution in [0.25, 0.3) is 0 Å². The van der Waals surface area contributed by atoms with Crippen molar-refractivity contribution < 1.29 is 4.79 Å². The summed E-state index contributed by atoms with van der Waals surface area (Å²) in [5, 5.41) is 6.50. The summed E-state index contributed by atoms with van der Waals surface area (Å²) >= 11 is 0. The SMILES string of the molecule is CC1CCC(CNC(=O)CN2CCCNCC2)CC1. The Morgan fingerprint density at radius 2 is 2.00 bits per heavy atom. The lowest BCUT2D eigenvalue weighted by Gasteiger charge is -2.26. The number of carbonyl (C=O) groups is 1. The first-order valence-electron chi connectivity index (χ1n) is 7.94. The fourth-order valence-corrected chi connectivity index (χ4v) is 3.11. The van der Waals surface area contributed by atoms with E-state index in [0.29, 0.717) is 12.5 Å². The van der Waals surface area contributed by atoms with Crippen LogP contribution in [-0.2, 0) is 4.79 Å². The van der Waals surface area contributed by atoms with Gasteiger partial charge in [-0.25, -0.2) is 0 Å². The maximum absolute atomic E-state index is 12.0. The van der Waals surface area contributed by atoms with E-state index in [9.17, 15) is 4.79 Å². The Kier molecular flexibility index (Phi) is 6.11. The summed E-state index contributed by atoms with van der Waals surface area (Å²) in [4.78, 5) is 14.2. The molecule has 0 aromatic carbocycles. The molecule has 2 N–H and O–H groups in total. The molecule has 0 atom stereocenters. The minimum absolute atomic E-state index is 0.209. The summed E-state index contributed by atoms with van der Waals surface area (Å²) < 4.78 is 0. The van der Waals surface area contributed by atoms with E-state index in [0.717, 1.165) is 45.1 Å². The minimum Gasteiger partial charge on any atom is -0.355 e. The summed E-state index contributed by atoms with van der Waals surface area (Å²) in [6.07, 6.45) is 6.38. The van der Waals surface area contributed by atoms with Crippen molar-refractivity contribution in [2.24, 2.45) is 11.8 Å². The topological polar surface area (TPSA) is 44.4 Å². The molecule has 1 aliphatic carbocycles. The van der Waals surface area contributed by atoms with Crippen LogP contribution in [0, 0.1) is 11.8 Å². The summed E-state index contributed by atoms with van der Waals surface area (Å²) in [6.45, 7) is 7.92. The van der Waals surface area contributed by atoms with Gasteiger partial charge in [-0.2, -0.15) is 0 Å². The standard InChI is InChI=1S/C15H29N3O/c1-13-3-5-14(6-4-13)11-17-15(19)12-18-9-2-7-16-8-10-18/h13-14,16H,2-12H2,1H3,(H,17,19). The molecule has 1 amide bonds. The van der Waals surface area contributed by atoms with Gasteiger partial charge in [0.2, 0.25) is 5.91 Å². The molecule has 1 heterocycles. The molecule has 2 aliphatic rings. The van der Waals surface area contributed by atoms with Crippen molar-refractivity contribution in [3.63, 3.8) is 0 Å². The Balaban J connectivity index is 1.61. The van der Waals surface area contributed by atoms with Crippen LogP contribution in [0.4, 0.5) is 0 Å². The molecular weight excluding hydrogens is 238 g/mol. The van der Waals surface area contributed by atoms with Crippen molar-refractivity contribution in [3.8, 4) is 0 Å². The van der Waals surface area contributed by atoms with E-state index < -0.39 is 0 Å². The first kappa shape index (κ1) is 14.8.